The van der Waals surface area contributed by atoms with Crippen molar-refractivity contribution in [3.05, 3.63) is 71.3 Å². The van der Waals surface area contributed by atoms with Crippen LogP contribution in [0.5, 0.6) is 0 Å². The average molecular weight is 326 g/mol. The Morgan fingerprint density at radius 2 is 1.75 bits per heavy atom. The second-order valence-corrected chi connectivity index (χ2v) is 5.63. The summed E-state index contributed by atoms with van der Waals surface area (Å²) >= 11 is 0. The zero-order chi connectivity index (χ0) is 17.4. The molecule has 0 fully saturated rings. The van der Waals surface area contributed by atoms with E-state index in [2.05, 4.69) is 5.32 Å². The van der Waals surface area contributed by atoms with Gasteiger partial charge in [0.1, 0.15) is 12.6 Å². The number of aryl methyl sites for hydroxylation is 1. The van der Waals surface area contributed by atoms with E-state index in [1.54, 1.807) is 0 Å². The summed E-state index contributed by atoms with van der Waals surface area (Å²) in [5, 5.41) is 2.64. The highest BCUT2D eigenvalue weighted by atomic mass is 16.5. The summed E-state index contributed by atoms with van der Waals surface area (Å²) in [7, 11) is 0. The molecule has 2 amide bonds. The zero-order valence-electron chi connectivity index (χ0n) is 13.7. The van der Waals surface area contributed by atoms with Crippen LogP contribution in [0.25, 0.3) is 0 Å². The summed E-state index contributed by atoms with van der Waals surface area (Å²) in [6.45, 7) is 2.18. The molecule has 1 atom stereocenters. The van der Waals surface area contributed by atoms with Gasteiger partial charge in [-0.15, -0.1) is 0 Å². The van der Waals surface area contributed by atoms with Crippen LogP contribution < -0.4 is 11.1 Å². The van der Waals surface area contributed by atoms with E-state index in [1.165, 1.54) is 0 Å². The Balaban J connectivity index is 1.85. The highest BCUT2D eigenvalue weighted by molar-refractivity contribution is 5.87. The first kappa shape index (κ1) is 17.7. The molecule has 0 unspecified atom stereocenters. The van der Waals surface area contributed by atoms with E-state index in [4.69, 9.17) is 10.5 Å². The molecule has 3 N–H and O–H groups in total. The monoisotopic (exact) mass is 326 g/mol. The van der Waals surface area contributed by atoms with Gasteiger partial charge in [-0.1, -0.05) is 54.6 Å². The van der Waals surface area contributed by atoms with Gasteiger partial charge >= 0.3 is 0 Å². The zero-order valence-corrected chi connectivity index (χ0v) is 13.7. The molecule has 5 nitrogen and oxygen atoms in total. The standard InChI is InChI=1S/C19H22N2O3/c1-14-7-5-6-10-16(14)11-17(19(20)23)21-18(22)13-24-12-15-8-3-2-4-9-15/h2-10,17H,11-13H2,1H3,(H2,20,23)(H,21,22)/t17-/m1/s1. The first-order valence-electron chi connectivity index (χ1n) is 7.81. The van der Waals surface area contributed by atoms with Crippen molar-refractivity contribution in [3.8, 4) is 0 Å². The third-order valence-corrected chi connectivity index (χ3v) is 3.71. The molecule has 0 aliphatic heterocycles. The van der Waals surface area contributed by atoms with Crippen LogP contribution in [0.2, 0.25) is 0 Å². The molecule has 5 heteroatoms. The van der Waals surface area contributed by atoms with Gasteiger partial charge < -0.3 is 15.8 Å². The molecular weight excluding hydrogens is 304 g/mol. The number of benzene rings is 2. The van der Waals surface area contributed by atoms with Gasteiger partial charge in [0, 0.05) is 6.42 Å². The van der Waals surface area contributed by atoms with Crippen molar-refractivity contribution >= 4 is 11.8 Å². The number of hydrogen-bond acceptors (Lipinski definition) is 3. The Hall–Kier alpha value is -2.66. The number of ether oxygens (including phenoxy) is 1. The maximum absolute atomic E-state index is 12.0. The number of carbonyl (C=O) groups excluding carboxylic acids is 2. The Kier molecular flexibility index (Phi) is 6.51. The van der Waals surface area contributed by atoms with Crippen molar-refractivity contribution in [2.45, 2.75) is 26.0 Å². The number of hydrogen-bond donors (Lipinski definition) is 2. The molecule has 0 spiro atoms. The second-order valence-electron chi connectivity index (χ2n) is 5.63. The summed E-state index contributed by atoms with van der Waals surface area (Å²) in [6.07, 6.45) is 0.367. The highest BCUT2D eigenvalue weighted by Crippen LogP contribution is 2.10. The van der Waals surface area contributed by atoms with Gasteiger partial charge in [0.05, 0.1) is 6.61 Å². The lowest BCUT2D eigenvalue weighted by molar-refractivity contribution is -0.130. The van der Waals surface area contributed by atoms with Gasteiger partial charge in [-0.2, -0.15) is 0 Å². The summed E-state index contributed by atoms with van der Waals surface area (Å²) in [6, 6.07) is 16.5. The van der Waals surface area contributed by atoms with Crippen molar-refractivity contribution < 1.29 is 14.3 Å². The summed E-state index contributed by atoms with van der Waals surface area (Å²) in [5.74, 6) is -0.919. The van der Waals surface area contributed by atoms with Crippen LogP contribution in [-0.4, -0.2) is 24.5 Å². The van der Waals surface area contributed by atoms with Crippen molar-refractivity contribution in [1.29, 1.82) is 0 Å². The first-order chi connectivity index (χ1) is 11.6. The molecule has 2 rings (SSSR count). The Morgan fingerprint density at radius 3 is 2.42 bits per heavy atom. The van der Waals surface area contributed by atoms with Crippen molar-refractivity contribution in [3.63, 3.8) is 0 Å². The van der Waals surface area contributed by atoms with Crippen molar-refractivity contribution in [2.24, 2.45) is 5.73 Å². The van der Waals surface area contributed by atoms with E-state index >= 15 is 0 Å². The number of rotatable bonds is 8. The quantitative estimate of drug-likeness (QED) is 0.775. The fraction of sp³-hybridized carbons (Fsp3) is 0.263. The Labute approximate surface area is 141 Å². The molecule has 0 saturated heterocycles. The maximum atomic E-state index is 12.0. The number of carbonyl (C=O) groups is 2. The lowest BCUT2D eigenvalue weighted by Crippen LogP contribution is -2.47. The van der Waals surface area contributed by atoms with E-state index < -0.39 is 11.9 Å². The van der Waals surface area contributed by atoms with Crippen LogP contribution in [0.1, 0.15) is 16.7 Å². The summed E-state index contributed by atoms with van der Waals surface area (Å²) < 4.78 is 5.37. The maximum Gasteiger partial charge on any atom is 0.246 e. The molecule has 0 bridgehead atoms. The van der Waals surface area contributed by atoms with Crippen LogP contribution in [0.3, 0.4) is 0 Å². The third-order valence-electron chi connectivity index (χ3n) is 3.71. The molecule has 2 aromatic carbocycles. The fourth-order valence-electron chi connectivity index (χ4n) is 2.35. The SMILES string of the molecule is Cc1ccccc1C[C@@H](NC(=O)COCc1ccccc1)C(N)=O. The molecular formula is C19H22N2O3. The van der Waals surface area contributed by atoms with Crippen LogP contribution in [-0.2, 0) is 27.4 Å². The molecule has 0 heterocycles. The Bertz CT molecular complexity index is 686. The van der Waals surface area contributed by atoms with Gasteiger partial charge in [0.15, 0.2) is 0 Å². The van der Waals surface area contributed by atoms with E-state index in [1.807, 2.05) is 61.5 Å². The molecule has 0 aliphatic rings. The summed E-state index contributed by atoms with van der Waals surface area (Å²) in [5.41, 5.74) is 8.42. The van der Waals surface area contributed by atoms with Gasteiger partial charge in [-0.3, -0.25) is 9.59 Å². The molecule has 126 valence electrons. The van der Waals surface area contributed by atoms with E-state index in [0.29, 0.717) is 13.0 Å². The topological polar surface area (TPSA) is 81.4 Å². The predicted octanol–water partition coefficient (Wildman–Crippen LogP) is 1.72. The lowest BCUT2D eigenvalue weighted by atomic mass is 10.0. The van der Waals surface area contributed by atoms with Gasteiger partial charge in [-0.25, -0.2) is 0 Å². The van der Waals surface area contributed by atoms with Crippen molar-refractivity contribution in [1.82, 2.24) is 5.32 Å². The van der Waals surface area contributed by atoms with Gasteiger partial charge in [0.2, 0.25) is 11.8 Å². The molecule has 0 radical (unpaired) electrons. The third kappa shape index (κ3) is 5.52. The van der Waals surface area contributed by atoms with Gasteiger partial charge in [-0.05, 0) is 23.6 Å². The predicted molar refractivity (Wildman–Crippen MR) is 92.1 cm³/mol. The average Bonchev–Trinajstić information content (AvgIpc) is 2.57. The van der Waals surface area contributed by atoms with Crippen LogP contribution in [0.15, 0.2) is 54.6 Å². The van der Waals surface area contributed by atoms with Gasteiger partial charge in [0.25, 0.3) is 0 Å². The van der Waals surface area contributed by atoms with E-state index in [-0.39, 0.29) is 12.5 Å². The normalized spacial score (nSPS) is 11.7. The molecule has 0 saturated carbocycles. The molecule has 2 aromatic rings. The molecule has 0 aromatic heterocycles. The minimum absolute atomic E-state index is 0.119. The van der Waals surface area contributed by atoms with Crippen LogP contribution >= 0.6 is 0 Å². The fourth-order valence-corrected chi connectivity index (χ4v) is 2.35. The number of nitrogens with one attached hydrogen (secondary N) is 1. The first-order valence-corrected chi connectivity index (χ1v) is 7.81. The summed E-state index contributed by atoms with van der Waals surface area (Å²) in [4.78, 5) is 23.6. The number of amides is 2. The number of primary amides is 1. The second kappa shape index (κ2) is 8.84. The number of nitrogens with two attached hydrogens (primary N) is 1. The molecule has 0 aliphatic carbocycles. The smallest absolute Gasteiger partial charge is 0.246 e. The highest BCUT2D eigenvalue weighted by Gasteiger charge is 2.19. The van der Waals surface area contributed by atoms with Crippen LogP contribution in [0.4, 0.5) is 0 Å². The van der Waals surface area contributed by atoms with E-state index in [9.17, 15) is 9.59 Å². The van der Waals surface area contributed by atoms with Crippen molar-refractivity contribution in [2.75, 3.05) is 6.61 Å². The molecule has 24 heavy (non-hydrogen) atoms. The minimum Gasteiger partial charge on any atom is -0.368 e. The van der Waals surface area contributed by atoms with E-state index in [0.717, 1.165) is 16.7 Å². The Morgan fingerprint density at radius 1 is 1.08 bits per heavy atom. The minimum atomic E-state index is -0.751. The largest absolute Gasteiger partial charge is 0.368 e. The van der Waals surface area contributed by atoms with Crippen LogP contribution in [0, 0.1) is 6.92 Å². The lowest BCUT2D eigenvalue weighted by Gasteiger charge is -2.17.